The Balaban J connectivity index is 2.06. The highest BCUT2D eigenvalue weighted by Crippen LogP contribution is 2.32. The van der Waals surface area contributed by atoms with Gasteiger partial charge in [-0.15, -0.1) is 0 Å². The highest BCUT2D eigenvalue weighted by atomic mass is 16.5. The van der Waals surface area contributed by atoms with Crippen LogP contribution in [-0.2, 0) is 4.74 Å². The van der Waals surface area contributed by atoms with Crippen molar-refractivity contribution in [1.82, 2.24) is 5.32 Å². The number of allylic oxidation sites excluding steroid dienone is 2. The second kappa shape index (κ2) is 2.31. The van der Waals surface area contributed by atoms with Gasteiger partial charge >= 0.3 is 0 Å². The average Bonchev–Trinajstić information content (AvgIpc) is 2.62. The Morgan fingerprint density at radius 3 is 3.42 bits per heavy atom. The van der Waals surface area contributed by atoms with Crippen LogP contribution in [0.1, 0.15) is 0 Å². The molecule has 0 aromatic rings. The molecule has 2 atom stereocenters. The third kappa shape index (κ3) is 0.765. The number of ether oxygens (including phenoxy) is 1. The summed E-state index contributed by atoms with van der Waals surface area (Å²) in [6, 6.07) is 0. The zero-order chi connectivity index (χ0) is 7.97. The van der Waals surface area contributed by atoms with Crippen LogP contribution < -0.4 is 5.32 Å². The van der Waals surface area contributed by atoms with Crippen molar-refractivity contribution in [2.24, 2.45) is 0 Å². The molecule has 2 heterocycles. The first kappa shape index (κ1) is 6.63. The SMILES string of the molecule is C1=CC2=C3CNCC3OC2C=C1. The summed E-state index contributed by atoms with van der Waals surface area (Å²) in [7, 11) is 0. The van der Waals surface area contributed by atoms with Gasteiger partial charge in [-0.1, -0.05) is 24.3 Å². The van der Waals surface area contributed by atoms with E-state index in [9.17, 15) is 0 Å². The summed E-state index contributed by atoms with van der Waals surface area (Å²) in [4.78, 5) is 0. The zero-order valence-corrected chi connectivity index (χ0v) is 6.79. The molecule has 3 aliphatic rings. The highest BCUT2D eigenvalue weighted by Gasteiger charge is 2.35. The molecule has 2 aliphatic heterocycles. The summed E-state index contributed by atoms with van der Waals surface area (Å²) in [5.41, 5.74) is 2.84. The van der Waals surface area contributed by atoms with E-state index in [-0.39, 0.29) is 6.10 Å². The summed E-state index contributed by atoms with van der Waals surface area (Å²) < 4.78 is 5.81. The molecule has 0 amide bonds. The molecule has 0 bridgehead atoms. The van der Waals surface area contributed by atoms with Gasteiger partial charge < -0.3 is 10.1 Å². The number of hydrogen-bond donors (Lipinski definition) is 1. The zero-order valence-electron chi connectivity index (χ0n) is 6.79. The third-order valence-corrected chi connectivity index (χ3v) is 2.69. The molecule has 0 aromatic heterocycles. The largest absolute Gasteiger partial charge is 0.360 e. The minimum Gasteiger partial charge on any atom is -0.360 e. The van der Waals surface area contributed by atoms with Gasteiger partial charge in [0.05, 0.1) is 6.10 Å². The second-order valence-electron chi connectivity index (χ2n) is 3.40. The van der Waals surface area contributed by atoms with E-state index >= 15 is 0 Å². The highest BCUT2D eigenvalue weighted by molar-refractivity contribution is 5.44. The molecule has 0 spiro atoms. The summed E-state index contributed by atoms with van der Waals surface area (Å²) in [6.07, 6.45) is 9.04. The molecule has 1 saturated heterocycles. The number of rotatable bonds is 0. The molecule has 3 rings (SSSR count). The Kier molecular flexibility index (Phi) is 1.28. The first-order chi connectivity index (χ1) is 5.95. The Morgan fingerprint density at radius 2 is 2.42 bits per heavy atom. The summed E-state index contributed by atoms with van der Waals surface area (Å²) in [6.45, 7) is 1.99. The van der Waals surface area contributed by atoms with Gasteiger partial charge in [0.15, 0.2) is 0 Å². The maximum absolute atomic E-state index is 5.81. The van der Waals surface area contributed by atoms with Crippen LogP contribution >= 0.6 is 0 Å². The molecule has 1 fully saturated rings. The van der Waals surface area contributed by atoms with Crippen LogP contribution in [0, 0.1) is 0 Å². The quantitative estimate of drug-likeness (QED) is 0.567. The van der Waals surface area contributed by atoms with Gasteiger partial charge in [0.1, 0.15) is 6.10 Å². The van der Waals surface area contributed by atoms with Crippen LogP contribution in [-0.4, -0.2) is 25.3 Å². The lowest BCUT2D eigenvalue weighted by atomic mass is 10.0. The first-order valence-corrected chi connectivity index (χ1v) is 4.39. The summed E-state index contributed by atoms with van der Waals surface area (Å²) in [5.74, 6) is 0. The minimum absolute atomic E-state index is 0.247. The van der Waals surface area contributed by atoms with E-state index in [1.807, 2.05) is 0 Å². The Morgan fingerprint density at radius 1 is 1.42 bits per heavy atom. The maximum Gasteiger partial charge on any atom is 0.102 e. The van der Waals surface area contributed by atoms with Crippen molar-refractivity contribution in [2.75, 3.05) is 13.1 Å². The van der Waals surface area contributed by atoms with E-state index in [1.165, 1.54) is 11.1 Å². The maximum atomic E-state index is 5.81. The van der Waals surface area contributed by atoms with Crippen molar-refractivity contribution in [3.63, 3.8) is 0 Å². The van der Waals surface area contributed by atoms with Gasteiger partial charge in [0.25, 0.3) is 0 Å². The van der Waals surface area contributed by atoms with E-state index in [2.05, 4.69) is 29.6 Å². The van der Waals surface area contributed by atoms with Gasteiger partial charge in [-0.05, 0) is 11.1 Å². The first-order valence-electron chi connectivity index (χ1n) is 4.39. The Labute approximate surface area is 71.6 Å². The lowest BCUT2D eigenvalue weighted by molar-refractivity contribution is 0.0888. The number of fused-ring (bicyclic) bond motifs is 2. The molecule has 0 aromatic carbocycles. The molecule has 2 nitrogen and oxygen atoms in total. The monoisotopic (exact) mass is 161 g/mol. The number of nitrogens with one attached hydrogen (secondary N) is 1. The molecule has 2 unspecified atom stereocenters. The minimum atomic E-state index is 0.247. The summed E-state index contributed by atoms with van der Waals surface area (Å²) in [5, 5.41) is 3.32. The standard InChI is InChI=1S/C10H11NO/c1-2-4-9-7(3-1)8-5-11-6-10(8)12-9/h1-4,9-11H,5-6H2. The van der Waals surface area contributed by atoms with Crippen molar-refractivity contribution >= 4 is 0 Å². The molecule has 2 heteroatoms. The third-order valence-electron chi connectivity index (χ3n) is 2.69. The Bertz CT molecular complexity index is 301. The second-order valence-corrected chi connectivity index (χ2v) is 3.40. The van der Waals surface area contributed by atoms with E-state index in [4.69, 9.17) is 4.74 Å². The topological polar surface area (TPSA) is 21.3 Å². The van der Waals surface area contributed by atoms with Gasteiger partial charge in [-0.25, -0.2) is 0 Å². The van der Waals surface area contributed by atoms with Crippen LogP contribution in [0.15, 0.2) is 35.5 Å². The van der Waals surface area contributed by atoms with Crippen molar-refractivity contribution < 1.29 is 4.74 Å². The van der Waals surface area contributed by atoms with Gasteiger partial charge in [-0.2, -0.15) is 0 Å². The van der Waals surface area contributed by atoms with Crippen LogP contribution in [0.4, 0.5) is 0 Å². The van der Waals surface area contributed by atoms with Gasteiger partial charge in [0.2, 0.25) is 0 Å². The fraction of sp³-hybridized carbons (Fsp3) is 0.400. The normalized spacial score (nSPS) is 37.3. The lowest BCUT2D eigenvalue weighted by Gasteiger charge is -2.12. The van der Waals surface area contributed by atoms with Crippen LogP contribution in [0.5, 0.6) is 0 Å². The van der Waals surface area contributed by atoms with Crippen LogP contribution in [0.2, 0.25) is 0 Å². The molecule has 1 N–H and O–H groups in total. The number of hydrogen-bond acceptors (Lipinski definition) is 2. The predicted octanol–water partition coefficient (Wildman–Crippen LogP) is 0.780. The van der Waals surface area contributed by atoms with Gasteiger partial charge in [0, 0.05) is 13.1 Å². The molecular formula is C10H11NO. The lowest BCUT2D eigenvalue weighted by Crippen LogP contribution is -2.19. The molecule has 0 saturated carbocycles. The van der Waals surface area contributed by atoms with E-state index in [1.54, 1.807) is 0 Å². The molecule has 1 aliphatic carbocycles. The molecular weight excluding hydrogens is 150 g/mol. The van der Waals surface area contributed by atoms with E-state index in [0.29, 0.717) is 6.10 Å². The van der Waals surface area contributed by atoms with Crippen molar-refractivity contribution in [3.05, 3.63) is 35.5 Å². The van der Waals surface area contributed by atoms with E-state index in [0.717, 1.165) is 13.1 Å². The molecule has 0 radical (unpaired) electrons. The predicted molar refractivity (Wildman–Crippen MR) is 46.8 cm³/mol. The molecule has 12 heavy (non-hydrogen) atoms. The van der Waals surface area contributed by atoms with Crippen molar-refractivity contribution in [2.45, 2.75) is 12.2 Å². The smallest absolute Gasteiger partial charge is 0.102 e. The van der Waals surface area contributed by atoms with E-state index < -0.39 is 0 Å². The van der Waals surface area contributed by atoms with Gasteiger partial charge in [-0.3, -0.25) is 0 Å². The molecule has 62 valence electrons. The Hall–Kier alpha value is -0.860. The van der Waals surface area contributed by atoms with Crippen molar-refractivity contribution in [1.29, 1.82) is 0 Å². The van der Waals surface area contributed by atoms with Crippen LogP contribution in [0.3, 0.4) is 0 Å². The average molecular weight is 161 g/mol. The fourth-order valence-electron chi connectivity index (χ4n) is 2.10. The summed E-state index contributed by atoms with van der Waals surface area (Å²) >= 11 is 0. The fourth-order valence-corrected chi connectivity index (χ4v) is 2.10. The van der Waals surface area contributed by atoms with Crippen LogP contribution in [0.25, 0.3) is 0 Å². The van der Waals surface area contributed by atoms with Crippen molar-refractivity contribution in [3.8, 4) is 0 Å².